The van der Waals surface area contributed by atoms with Crippen LogP contribution in [0.15, 0.2) is 42.6 Å². The molecule has 0 bridgehead atoms. The lowest BCUT2D eigenvalue weighted by atomic mass is 10.0. The van der Waals surface area contributed by atoms with E-state index in [0.29, 0.717) is 12.3 Å². The number of piperazine rings is 1. The Hall–Kier alpha value is -2.40. The predicted octanol–water partition coefficient (Wildman–Crippen LogP) is 3.53. The number of carbonyl (C=O) groups excluding carboxylic acids is 1. The smallest absolute Gasteiger partial charge is 0.224 e. The molecule has 0 spiro atoms. The highest BCUT2D eigenvalue weighted by Gasteiger charge is 2.15. The van der Waals surface area contributed by atoms with Gasteiger partial charge >= 0.3 is 0 Å². The Kier molecular flexibility index (Phi) is 6.45. The van der Waals surface area contributed by atoms with Crippen molar-refractivity contribution in [3.63, 3.8) is 0 Å². The van der Waals surface area contributed by atoms with Gasteiger partial charge in [0, 0.05) is 32.6 Å². The van der Waals surface area contributed by atoms with E-state index >= 15 is 0 Å². The first-order valence-electron chi connectivity index (χ1n) is 9.79. The molecule has 1 N–H and O–H groups in total. The second-order valence-electron chi connectivity index (χ2n) is 7.64. The highest BCUT2D eigenvalue weighted by atomic mass is 16.1. The summed E-state index contributed by atoms with van der Waals surface area (Å²) in [6.45, 7) is 8.46. The van der Waals surface area contributed by atoms with Crippen molar-refractivity contribution >= 4 is 17.4 Å². The highest BCUT2D eigenvalue weighted by Crippen LogP contribution is 2.17. The Balaban J connectivity index is 1.47. The molecule has 1 aromatic carbocycles. The van der Waals surface area contributed by atoms with E-state index < -0.39 is 0 Å². The third kappa shape index (κ3) is 5.54. The molecule has 3 rings (SSSR count). The van der Waals surface area contributed by atoms with E-state index in [1.165, 1.54) is 11.1 Å². The molecule has 0 saturated carbocycles. The quantitative estimate of drug-likeness (QED) is 0.850. The maximum absolute atomic E-state index is 12.2. The zero-order valence-corrected chi connectivity index (χ0v) is 16.6. The first-order valence-corrected chi connectivity index (χ1v) is 9.79. The van der Waals surface area contributed by atoms with Crippen LogP contribution in [0, 0.1) is 0 Å². The molecule has 5 heteroatoms. The molecular formula is C22H30N4O. The molecule has 1 fully saturated rings. The highest BCUT2D eigenvalue weighted by molar-refractivity contribution is 5.90. The Bertz CT molecular complexity index is 732. The summed E-state index contributed by atoms with van der Waals surface area (Å²) in [5.74, 6) is 1.53. The zero-order valence-electron chi connectivity index (χ0n) is 16.6. The third-order valence-electron chi connectivity index (χ3n) is 5.15. The molecule has 1 amide bonds. The average molecular weight is 367 g/mol. The second kappa shape index (κ2) is 9.00. The Morgan fingerprint density at radius 2 is 1.78 bits per heavy atom. The van der Waals surface area contributed by atoms with Crippen molar-refractivity contribution in [2.75, 3.05) is 43.4 Å². The number of hydrogen-bond acceptors (Lipinski definition) is 4. The first-order chi connectivity index (χ1) is 13.0. The molecule has 1 saturated heterocycles. The number of benzene rings is 1. The normalized spacial score (nSPS) is 15.2. The topological polar surface area (TPSA) is 48.5 Å². The van der Waals surface area contributed by atoms with Gasteiger partial charge in [-0.25, -0.2) is 4.98 Å². The number of rotatable bonds is 6. The number of hydrogen-bond donors (Lipinski definition) is 1. The molecule has 1 aromatic heterocycles. The van der Waals surface area contributed by atoms with Gasteiger partial charge < -0.3 is 15.1 Å². The Morgan fingerprint density at radius 1 is 1.07 bits per heavy atom. The van der Waals surface area contributed by atoms with E-state index in [-0.39, 0.29) is 5.91 Å². The molecule has 0 aliphatic carbocycles. The van der Waals surface area contributed by atoms with Gasteiger partial charge in [0.15, 0.2) is 0 Å². The molecular weight excluding hydrogens is 336 g/mol. The molecule has 1 aliphatic heterocycles. The van der Waals surface area contributed by atoms with Crippen LogP contribution < -0.4 is 10.2 Å². The number of nitrogens with zero attached hydrogens (tertiary/aromatic N) is 3. The van der Waals surface area contributed by atoms with Gasteiger partial charge in [0.05, 0.1) is 11.9 Å². The molecule has 0 unspecified atom stereocenters. The lowest BCUT2D eigenvalue weighted by molar-refractivity contribution is -0.116. The number of carbonyl (C=O) groups is 1. The molecule has 0 atom stereocenters. The number of likely N-dealkylation sites (N-methyl/N-ethyl adjacent to an activating group) is 1. The van der Waals surface area contributed by atoms with Crippen LogP contribution in [-0.4, -0.2) is 49.0 Å². The van der Waals surface area contributed by atoms with Gasteiger partial charge in [0.1, 0.15) is 5.82 Å². The van der Waals surface area contributed by atoms with E-state index in [4.69, 9.17) is 0 Å². The maximum atomic E-state index is 12.2. The molecule has 2 aromatic rings. The number of pyridine rings is 1. The number of aromatic nitrogens is 1. The van der Waals surface area contributed by atoms with Crippen molar-refractivity contribution in [2.24, 2.45) is 0 Å². The SMILES string of the molecule is CC(C)c1ccc(CCC(=O)Nc2ccc(N3CCN(C)CC3)nc2)cc1. The molecule has 27 heavy (non-hydrogen) atoms. The van der Waals surface area contributed by atoms with Crippen LogP contribution >= 0.6 is 0 Å². The summed E-state index contributed by atoms with van der Waals surface area (Å²) < 4.78 is 0. The fraction of sp³-hybridized carbons (Fsp3) is 0.455. The molecule has 5 nitrogen and oxygen atoms in total. The minimum Gasteiger partial charge on any atom is -0.354 e. The van der Waals surface area contributed by atoms with Crippen LogP contribution in [0.2, 0.25) is 0 Å². The van der Waals surface area contributed by atoms with Crippen LogP contribution in [0.3, 0.4) is 0 Å². The van der Waals surface area contributed by atoms with Gasteiger partial charge in [0.25, 0.3) is 0 Å². The van der Waals surface area contributed by atoms with Gasteiger partial charge in [-0.15, -0.1) is 0 Å². The average Bonchev–Trinajstić information content (AvgIpc) is 2.68. The monoisotopic (exact) mass is 366 g/mol. The van der Waals surface area contributed by atoms with Crippen molar-refractivity contribution in [1.29, 1.82) is 0 Å². The summed E-state index contributed by atoms with van der Waals surface area (Å²) in [5.41, 5.74) is 3.28. The minimum absolute atomic E-state index is 0.0251. The lowest BCUT2D eigenvalue weighted by Gasteiger charge is -2.33. The van der Waals surface area contributed by atoms with Crippen molar-refractivity contribution < 1.29 is 4.79 Å². The van der Waals surface area contributed by atoms with Gasteiger partial charge in [-0.2, -0.15) is 0 Å². The summed E-state index contributed by atoms with van der Waals surface area (Å²) in [7, 11) is 2.14. The summed E-state index contributed by atoms with van der Waals surface area (Å²) in [6.07, 6.45) is 2.97. The molecule has 1 aliphatic rings. The zero-order chi connectivity index (χ0) is 19.2. The van der Waals surface area contributed by atoms with Crippen molar-refractivity contribution in [3.8, 4) is 0 Å². The lowest BCUT2D eigenvalue weighted by Crippen LogP contribution is -2.44. The minimum atomic E-state index is 0.0251. The molecule has 144 valence electrons. The number of nitrogens with one attached hydrogen (secondary N) is 1. The predicted molar refractivity (Wildman–Crippen MR) is 111 cm³/mol. The van der Waals surface area contributed by atoms with E-state index in [9.17, 15) is 4.79 Å². The largest absolute Gasteiger partial charge is 0.354 e. The summed E-state index contributed by atoms with van der Waals surface area (Å²) >= 11 is 0. The standard InChI is InChI=1S/C22H30N4O/c1-17(2)19-7-4-18(5-8-19)6-11-22(27)24-20-9-10-21(23-16-20)26-14-12-25(3)13-15-26/h4-5,7-10,16-17H,6,11-15H2,1-3H3,(H,24,27). The molecule has 2 heterocycles. The first kappa shape index (κ1) is 19.4. The van der Waals surface area contributed by atoms with E-state index in [0.717, 1.165) is 44.1 Å². The van der Waals surface area contributed by atoms with Crippen molar-refractivity contribution in [3.05, 3.63) is 53.7 Å². The van der Waals surface area contributed by atoms with Crippen LogP contribution in [0.25, 0.3) is 0 Å². The maximum Gasteiger partial charge on any atom is 0.224 e. The fourth-order valence-corrected chi connectivity index (χ4v) is 3.23. The van der Waals surface area contributed by atoms with Crippen LogP contribution in [0.1, 0.15) is 37.3 Å². The van der Waals surface area contributed by atoms with Gasteiger partial charge in [-0.1, -0.05) is 38.1 Å². The number of amides is 1. The van der Waals surface area contributed by atoms with Gasteiger partial charge in [-0.3, -0.25) is 4.79 Å². The second-order valence-corrected chi connectivity index (χ2v) is 7.64. The summed E-state index contributed by atoms with van der Waals surface area (Å²) in [6, 6.07) is 12.5. The number of aryl methyl sites for hydroxylation is 1. The van der Waals surface area contributed by atoms with Crippen LogP contribution in [0.5, 0.6) is 0 Å². The van der Waals surface area contributed by atoms with E-state index in [1.54, 1.807) is 6.20 Å². The van der Waals surface area contributed by atoms with Crippen LogP contribution in [-0.2, 0) is 11.2 Å². The van der Waals surface area contributed by atoms with E-state index in [1.807, 2.05) is 12.1 Å². The van der Waals surface area contributed by atoms with Gasteiger partial charge in [-0.05, 0) is 42.6 Å². The van der Waals surface area contributed by atoms with Crippen molar-refractivity contribution in [2.45, 2.75) is 32.6 Å². The molecule has 0 radical (unpaired) electrons. The summed E-state index contributed by atoms with van der Waals surface area (Å²) in [5, 5.41) is 2.95. The van der Waals surface area contributed by atoms with Gasteiger partial charge in [0.2, 0.25) is 5.91 Å². The fourth-order valence-electron chi connectivity index (χ4n) is 3.23. The third-order valence-corrected chi connectivity index (χ3v) is 5.15. The Morgan fingerprint density at radius 3 is 2.37 bits per heavy atom. The van der Waals surface area contributed by atoms with Crippen LogP contribution in [0.4, 0.5) is 11.5 Å². The Labute approximate surface area is 162 Å². The summed E-state index contributed by atoms with van der Waals surface area (Å²) in [4.78, 5) is 21.4. The van der Waals surface area contributed by atoms with Crippen molar-refractivity contribution in [1.82, 2.24) is 9.88 Å². The van der Waals surface area contributed by atoms with E-state index in [2.05, 4.69) is 65.3 Å². The number of anilines is 2.